The summed E-state index contributed by atoms with van der Waals surface area (Å²) in [6.45, 7) is 2.01. The van der Waals surface area contributed by atoms with Crippen molar-refractivity contribution < 1.29 is 18.8 Å². The Morgan fingerprint density at radius 1 is 0.658 bits per heavy atom. The molecule has 0 spiro atoms. The van der Waals surface area contributed by atoms with E-state index in [-0.39, 0.29) is 5.41 Å². The predicted octanol–water partition coefficient (Wildman–Crippen LogP) is 6.44. The third-order valence-electron chi connectivity index (χ3n) is 6.57. The normalized spacial score (nSPS) is 12.3. The minimum atomic E-state index is -1.03. The summed E-state index contributed by atoms with van der Waals surface area (Å²) in [4.78, 5) is 12.0. The molecule has 4 rings (SSSR count). The molecule has 0 heterocycles. The molecule has 0 bridgehead atoms. The number of ether oxygens (including phenoxy) is 2. The fraction of sp³-hybridized carbons (Fsp3) is 0.242. The van der Waals surface area contributed by atoms with Crippen LogP contribution in [-0.4, -0.2) is 30.3 Å². The van der Waals surface area contributed by atoms with E-state index in [0.29, 0.717) is 32.0 Å². The van der Waals surface area contributed by atoms with E-state index in [1.54, 1.807) is 6.26 Å². The molecule has 38 heavy (non-hydrogen) atoms. The number of benzene rings is 4. The molecule has 1 unspecified atom stereocenters. The van der Waals surface area contributed by atoms with Crippen LogP contribution in [0.5, 0.6) is 0 Å². The molecule has 4 aromatic rings. The van der Waals surface area contributed by atoms with Crippen molar-refractivity contribution in [2.45, 2.75) is 31.0 Å². The second-order valence-corrected chi connectivity index (χ2v) is 11.1. The molecule has 4 nitrogen and oxygen atoms in total. The van der Waals surface area contributed by atoms with Crippen molar-refractivity contribution in [2.75, 3.05) is 19.5 Å². The zero-order chi connectivity index (χ0) is 26.6. The van der Waals surface area contributed by atoms with Crippen molar-refractivity contribution in [3.05, 3.63) is 137 Å². The monoisotopic (exact) mass is 526 g/mol. The van der Waals surface area contributed by atoms with Crippen LogP contribution in [0.15, 0.2) is 114 Å². The number of hydrogen-bond donors (Lipinski definition) is 0. The van der Waals surface area contributed by atoms with Crippen molar-refractivity contribution in [1.29, 1.82) is 0 Å². The van der Waals surface area contributed by atoms with Gasteiger partial charge in [0.15, 0.2) is 4.90 Å². The number of hydrogen-bond acceptors (Lipinski definition) is 4. The summed E-state index contributed by atoms with van der Waals surface area (Å²) >= 11 is -1.03. The summed E-state index contributed by atoms with van der Waals surface area (Å²) in [5.74, 6) is 0. The van der Waals surface area contributed by atoms with Crippen molar-refractivity contribution in [1.82, 2.24) is 0 Å². The largest absolute Gasteiger partial charge is 0.612 e. The number of aldehydes is 1. The van der Waals surface area contributed by atoms with Crippen molar-refractivity contribution >= 4 is 17.5 Å². The van der Waals surface area contributed by atoms with E-state index in [0.717, 1.165) is 46.3 Å². The second kappa shape index (κ2) is 14.1. The van der Waals surface area contributed by atoms with Crippen LogP contribution in [0.25, 0.3) is 0 Å². The average Bonchev–Trinajstić information content (AvgIpc) is 2.95. The highest BCUT2D eigenvalue weighted by molar-refractivity contribution is 7.90. The fourth-order valence-corrected chi connectivity index (χ4v) is 5.13. The Hall–Kier alpha value is -3.22. The van der Waals surface area contributed by atoms with Gasteiger partial charge in [-0.15, -0.1) is 0 Å². The van der Waals surface area contributed by atoms with E-state index < -0.39 is 11.2 Å². The first-order valence-electron chi connectivity index (χ1n) is 12.8. The third-order valence-corrected chi connectivity index (χ3v) is 7.50. The van der Waals surface area contributed by atoms with Gasteiger partial charge in [0.05, 0.1) is 26.4 Å². The fourth-order valence-electron chi connectivity index (χ4n) is 4.61. The van der Waals surface area contributed by atoms with Gasteiger partial charge in [0, 0.05) is 11.0 Å². The van der Waals surface area contributed by atoms with Gasteiger partial charge < -0.3 is 14.0 Å². The molecule has 0 radical (unpaired) electrons. The minimum absolute atomic E-state index is 0.362. The molecule has 0 aliphatic carbocycles. The first-order valence-corrected chi connectivity index (χ1v) is 14.3. The molecule has 0 amide bonds. The molecule has 1 atom stereocenters. The van der Waals surface area contributed by atoms with Crippen molar-refractivity contribution in [2.24, 2.45) is 5.41 Å². The summed E-state index contributed by atoms with van der Waals surface area (Å²) < 4.78 is 24.6. The Morgan fingerprint density at radius 3 is 1.53 bits per heavy atom. The molecule has 0 saturated carbocycles. The Kier molecular flexibility index (Phi) is 10.3. The highest BCUT2D eigenvalue weighted by Crippen LogP contribution is 2.31. The number of carbonyl (C=O) groups excluding carboxylic acids is 1. The highest BCUT2D eigenvalue weighted by atomic mass is 32.2. The second-order valence-electron chi connectivity index (χ2n) is 9.77. The lowest BCUT2D eigenvalue weighted by Crippen LogP contribution is -2.37. The lowest BCUT2D eigenvalue weighted by Gasteiger charge is -2.34. The summed E-state index contributed by atoms with van der Waals surface area (Å²) in [5, 5.41) is 0. The van der Waals surface area contributed by atoms with Gasteiger partial charge in [-0.1, -0.05) is 97.1 Å². The van der Waals surface area contributed by atoms with Gasteiger partial charge in [-0.3, -0.25) is 4.79 Å². The van der Waals surface area contributed by atoms with E-state index in [1.807, 2.05) is 72.8 Å². The molecular weight excluding hydrogens is 492 g/mol. The summed E-state index contributed by atoms with van der Waals surface area (Å²) in [6.07, 6.45) is 4.00. The van der Waals surface area contributed by atoms with Gasteiger partial charge in [0.25, 0.3) is 0 Å². The number of rotatable bonds is 14. The smallest absolute Gasteiger partial charge is 0.152 e. The standard InChI is InChI=1S/C33H34O4S/c1-38(35)32-18-16-28(17-19-32)21-33(20-27-12-14-29(22-34)15-13-27,25-36-23-30-8-4-2-5-9-30)26-37-24-31-10-6-3-7-11-31/h2-19,22H,20-21,23-26H2,1H3. The zero-order valence-corrected chi connectivity index (χ0v) is 22.6. The molecule has 0 aliphatic rings. The maximum atomic E-state index is 11.9. The van der Waals surface area contributed by atoms with E-state index >= 15 is 0 Å². The first-order chi connectivity index (χ1) is 18.5. The quantitative estimate of drug-likeness (QED) is 0.140. The Bertz CT molecular complexity index is 1190. The van der Waals surface area contributed by atoms with Gasteiger partial charge in [0.2, 0.25) is 0 Å². The summed E-state index contributed by atoms with van der Waals surface area (Å²) in [5.41, 5.74) is 4.79. The van der Waals surface area contributed by atoms with Crippen LogP contribution < -0.4 is 0 Å². The van der Waals surface area contributed by atoms with Gasteiger partial charge in [-0.25, -0.2) is 0 Å². The first kappa shape index (κ1) is 27.8. The molecule has 196 valence electrons. The van der Waals surface area contributed by atoms with E-state index in [4.69, 9.17) is 9.47 Å². The van der Waals surface area contributed by atoms with Crippen molar-refractivity contribution in [3.8, 4) is 0 Å². The maximum Gasteiger partial charge on any atom is 0.152 e. The summed E-state index contributed by atoms with van der Waals surface area (Å²) in [6, 6.07) is 36.0. The van der Waals surface area contributed by atoms with E-state index in [9.17, 15) is 9.35 Å². The zero-order valence-electron chi connectivity index (χ0n) is 21.8. The Labute approximate surface area is 228 Å². The van der Waals surface area contributed by atoms with E-state index in [1.165, 1.54) is 0 Å². The third kappa shape index (κ3) is 8.40. The lowest BCUT2D eigenvalue weighted by molar-refractivity contribution is -0.0331. The Morgan fingerprint density at radius 2 is 1.11 bits per heavy atom. The highest BCUT2D eigenvalue weighted by Gasteiger charge is 2.32. The van der Waals surface area contributed by atoms with Crippen molar-refractivity contribution in [3.63, 3.8) is 0 Å². The SMILES string of the molecule is C[S+]([O-])c1ccc(CC(COCc2ccccc2)(COCc2ccccc2)Cc2ccc(C=O)cc2)cc1. The van der Waals surface area contributed by atoms with Crippen LogP contribution in [0.4, 0.5) is 0 Å². The molecule has 4 aromatic carbocycles. The summed E-state index contributed by atoms with van der Waals surface area (Å²) in [7, 11) is 0. The van der Waals surface area contributed by atoms with Crippen LogP contribution >= 0.6 is 0 Å². The molecule has 0 aromatic heterocycles. The van der Waals surface area contributed by atoms with Crippen LogP contribution in [0.1, 0.15) is 32.6 Å². The molecule has 0 aliphatic heterocycles. The van der Waals surface area contributed by atoms with Crippen LogP contribution in [0.2, 0.25) is 0 Å². The van der Waals surface area contributed by atoms with E-state index in [2.05, 4.69) is 36.4 Å². The Balaban J connectivity index is 1.60. The number of carbonyl (C=O) groups is 1. The van der Waals surface area contributed by atoms with Crippen LogP contribution in [-0.2, 0) is 46.7 Å². The van der Waals surface area contributed by atoms with Gasteiger partial charge in [-0.05, 0) is 58.4 Å². The lowest BCUT2D eigenvalue weighted by atomic mass is 9.77. The van der Waals surface area contributed by atoms with Gasteiger partial charge in [0.1, 0.15) is 12.5 Å². The maximum absolute atomic E-state index is 11.9. The van der Waals surface area contributed by atoms with Crippen LogP contribution in [0.3, 0.4) is 0 Å². The molecule has 5 heteroatoms. The van der Waals surface area contributed by atoms with Gasteiger partial charge >= 0.3 is 0 Å². The topological polar surface area (TPSA) is 58.6 Å². The molecule has 0 saturated heterocycles. The minimum Gasteiger partial charge on any atom is -0.612 e. The van der Waals surface area contributed by atoms with Gasteiger partial charge in [-0.2, -0.15) is 0 Å². The average molecular weight is 527 g/mol. The molecule has 0 N–H and O–H groups in total. The molecule has 0 fully saturated rings. The molecular formula is C33H34O4S. The van der Waals surface area contributed by atoms with Crippen LogP contribution in [0, 0.1) is 5.41 Å². The predicted molar refractivity (Wildman–Crippen MR) is 153 cm³/mol.